The number of aromatic nitrogens is 2. The predicted molar refractivity (Wildman–Crippen MR) is 116 cm³/mol. The first kappa shape index (κ1) is 20.0. The van der Waals surface area contributed by atoms with E-state index in [1.165, 1.54) is 18.4 Å². The van der Waals surface area contributed by atoms with Crippen molar-refractivity contribution in [3.63, 3.8) is 0 Å². The van der Waals surface area contributed by atoms with Crippen molar-refractivity contribution in [2.75, 3.05) is 18.1 Å². The maximum absolute atomic E-state index is 12.2. The summed E-state index contributed by atoms with van der Waals surface area (Å²) >= 11 is 0. The Kier molecular flexibility index (Phi) is 4.82. The number of carbonyl (C=O) groups is 1. The molecule has 0 saturated heterocycles. The third-order valence-corrected chi connectivity index (χ3v) is 6.30. The summed E-state index contributed by atoms with van der Waals surface area (Å²) in [5.41, 5.74) is 3.82. The van der Waals surface area contributed by atoms with Gasteiger partial charge in [0, 0.05) is 41.2 Å². The Morgan fingerprint density at radius 1 is 1.07 bits per heavy atom. The standard InChI is InChI=1S/C22H22N4O3S/c1-22(2)13-24-20(27)17-9-4-14(12-18(17)22)19-10-11-23-21(26-19)25-15-5-7-16(8-6-15)30(3,28)29/h4-12H,13H2,1-3H3,(H,24,27)(H,23,25,26). The van der Waals surface area contributed by atoms with Gasteiger partial charge in [0.2, 0.25) is 5.95 Å². The van der Waals surface area contributed by atoms with Crippen LogP contribution in [0.3, 0.4) is 0 Å². The lowest BCUT2D eigenvalue weighted by molar-refractivity contribution is 0.0930. The van der Waals surface area contributed by atoms with E-state index in [1.807, 2.05) is 24.3 Å². The zero-order chi connectivity index (χ0) is 21.5. The number of rotatable bonds is 4. The van der Waals surface area contributed by atoms with Crippen molar-refractivity contribution in [3.05, 3.63) is 65.9 Å². The molecule has 154 valence electrons. The normalized spacial score (nSPS) is 15.2. The molecule has 2 aromatic carbocycles. The highest BCUT2D eigenvalue weighted by Crippen LogP contribution is 2.33. The Bertz CT molecular complexity index is 1240. The quantitative estimate of drug-likeness (QED) is 0.669. The van der Waals surface area contributed by atoms with E-state index in [4.69, 9.17) is 0 Å². The second-order valence-corrected chi connectivity index (χ2v) is 10.0. The lowest BCUT2D eigenvalue weighted by Gasteiger charge is -2.32. The average Bonchev–Trinajstić information content (AvgIpc) is 2.71. The molecule has 1 aliphatic heterocycles. The van der Waals surface area contributed by atoms with Crippen LogP contribution < -0.4 is 10.6 Å². The third kappa shape index (κ3) is 3.91. The van der Waals surface area contributed by atoms with Crippen molar-refractivity contribution in [2.45, 2.75) is 24.2 Å². The highest BCUT2D eigenvalue weighted by Gasteiger charge is 2.31. The molecular formula is C22H22N4O3S. The lowest BCUT2D eigenvalue weighted by Crippen LogP contribution is -2.43. The van der Waals surface area contributed by atoms with Gasteiger partial charge in [-0.05, 0) is 48.0 Å². The number of nitrogens with one attached hydrogen (secondary N) is 2. The molecule has 30 heavy (non-hydrogen) atoms. The number of sulfone groups is 1. The molecule has 0 fully saturated rings. The van der Waals surface area contributed by atoms with Crippen molar-refractivity contribution >= 4 is 27.4 Å². The van der Waals surface area contributed by atoms with Crippen LogP contribution in [0.15, 0.2) is 59.6 Å². The minimum absolute atomic E-state index is 0.0570. The summed E-state index contributed by atoms with van der Waals surface area (Å²) in [5.74, 6) is 0.341. The average molecular weight is 423 g/mol. The molecule has 1 aliphatic rings. The van der Waals surface area contributed by atoms with Crippen LogP contribution >= 0.6 is 0 Å². The lowest BCUT2D eigenvalue weighted by atomic mass is 9.78. The zero-order valence-electron chi connectivity index (χ0n) is 16.9. The summed E-state index contributed by atoms with van der Waals surface area (Å²) in [6.07, 6.45) is 2.83. The molecule has 4 rings (SSSR count). The van der Waals surface area contributed by atoms with Gasteiger partial charge in [-0.1, -0.05) is 19.9 Å². The molecule has 0 spiro atoms. The van der Waals surface area contributed by atoms with Crippen molar-refractivity contribution in [3.8, 4) is 11.3 Å². The van der Waals surface area contributed by atoms with Gasteiger partial charge in [0.05, 0.1) is 10.6 Å². The summed E-state index contributed by atoms with van der Waals surface area (Å²) in [7, 11) is -3.24. The minimum Gasteiger partial charge on any atom is -0.351 e. The second-order valence-electron chi connectivity index (χ2n) is 8.01. The Morgan fingerprint density at radius 2 is 1.80 bits per heavy atom. The van der Waals surface area contributed by atoms with Gasteiger partial charge in [-0.3, -0.25) is 4.79 Å². The van der Waals surface area contributed by atoms with Gasteiger partial charge < -0.3 is 10.6 Å². The van der Waals surface area contributed by atoms with Crippen molar-refractivity contribution in [2.24, 2.45) is 0 Å². The van der Waals surface area contributed by atoms with Gasteiger partial charge in [0.1, 0.15) is 0 Å². The van der Waals surface area contributed by atoms with Gasteiger partial charge in [0.15, 0.2) is 9.84 Å². The number of nitrogens with zero attached hydrogens (tertiary/aromatic N) is 2. The van der Waals surface area contributed by atoms with Crippen LogP contribution in [0.1, 0.15) is 29.8 Å². The maximum atomic E-state index is 12.2. The van der Waals surface area contributed by atoms with E-state index in [-0.39, 0.29) is 16.2 Å². The van der Waals surface area contributed by atoms with Gasteiger partial charge in [-0.2, -0.15) is 0 Å². The van der Waals surface area contributed by atoms with E-state index in [0.717, 1.165) is 16.8 Å². The molecule has 1 amide bonds. The topological polar surface area (TPSA) is 101 Å². The Balaban J connectivity index is 1.64. The van der Waals surface area contributed by atoms with Gasteiger partial charge >= 0.3 is 0 Å². The number of hydrogen-bond acceptors (Lipinski definition) is 6. The van der Waals surface area contributed by atoms with E-state index in [9.17, 15) is 13.2 Å². The third-order valence-electron chi connectivity index (χ3n) is 5.17. The van der Waals surface area contributed by atoms with Crippen LogP contribution in [-0.2, 0) is 15.3 Å². The smallest absolute Gasteiger partial charge is 0.251 e. The molecule has 8 heteroatoms. The summed E-state index contributed by atoms with van der Waals surface area (Å²) in [6.45, 7) is 4.78. The van der Waals surface area contributed by atoms with E-state index < -0.39 is 9.84 Å². The predicted octanol–water partition coefficient (Wildman–Crippen LogP) is 3.31. The molecule has 2 N–H and O–H groups in total. The van der Waals surface area contributed by atoms with E-state index >= 15 is 0 Å². The van der Waals surface area contributed by atoms with Crippen LogP contribution in [0.25, 0.3) is 11.3 Å². The molecule has 1 aromatic heterocycles. The Morgan fingerprint density at radius 3 is 2.50 bits per heavy atom. The summed E-state index contributed by atoms with van der Waals surface area (Å²) in [5, 5.41) is 6.02. The summed E-state index contributed by atoms with van der Waals surface area (Å²) < 4.78 is 23.2. The fourth-order valence-corrected chi connectivity index (χ4v) is 4.08. The Labute approximate surface area is 175 Å². The van der Waals surface area contributed by atoms with E-state index in [0.29, 0.717) is 23.7 Å². The minimum atomic E-state index is -3.24. The summed E-state index contributed by atoms with van der Waals surface area (Å²) in [6, 6.07) is 14.0. The van der Waals surface area contributed by atoms with Crippen LogP contribution in [0.5, 0.6) is 0 Å². The van der Waals surface area contributed by atoms with Gasteiger partial charge in [0.25, 0.3) is 5.91 Å². The van der Waals surface area contributed by atoms with E-state index in [2.05, 4.69) is 34.4 Å². The molecule has 0 aliphatic carbocycles. The fraction of sp³-hybridized carbons (Fsp3) is 0.227. The van der Waals surface area contributed by atoms with Crippen LogP contribution in [0, 0.1) is 0 Å². The molecule has 2 heterocycles. The van der Waals surface area contributed by atoms with Crippen molar-refractivity contribution < 1.29 is 13.2 Å². The number of fused-ring (bicyclic) bond motifs is 1. The highest BCUT2D eigenvalue weighted by molar-refractivity contribution is 7.90. The molecule has 0 unspecified atom stereocenters. The second kappa shape index (κ2) is 7.21. The largest absolute Gasteiger partial charge is 0.351 e. The molecule has 0 atom stereocenters. The monoisotopic (exact) mass is 422 g/mol. The number of hydrogen-bond donors (Lipinski definition) is 2. The first-order chi connectivity index (χ1) is 14.1. The number of amides is 1. The first-order valence-corrected chi connectivity index (χ1v) is 11.4. The molecule has 3 aromatic rings. The molecule has 0 saturated carbocycles. The van der Waals surface area contributed by atoms with Crippen LogP contribution in [0.2, 0.25) is 0 Å². The number of anilines is 2. The summed E-state index contributed by atoms with van der Waals surface area (Å²) in [4.78, 5) is 21.3. The van der Waals surface area contributed by atoms with Crippen molar-refractivity contribution in [1.29, 1.82) is 0 Å². The van der Waals surface area contributed by atoms with Crippen molar-refractivity contribution in [1.82, 2.24) is 15.3 Å². The van der Waals surface area contributed by atoms with Gasteiger partial charge in [-0.25, -0.2) is 18.4 Å². The molecule has 0 bridgehead atoms. The van der Waals surface area contributed by atoms with Crippen LogP contribution in [0.4, 0.5) is 11.6 Å². The SMILES string of the molecule is CC1(C)CNC(=O)c2ccc(-c3ccnc(Nc4ccc(S(C)(=O)=O)cc4)n3)cc21. The first-order valence-electron chi connectivity index (χ1n) is 9.47. The molecule has 7 nitrogen and oxygen atoms in total. The highest BCUT2D eigenvalue weighted by atomic mass is 32.2. The maximum Gasteiger partial charge on any atom is 0.251 e. The zero-order valence-corrected chi connectivity index (χ0v) is 17.7. The molecular weight excluding hydrogens is 400 g/mol. The number of carbonyl (C=O) groups excluding carboxylic acids is 1. The Hall–Kier alpha value is -3.26. The van der Waals surface area contributed by atoms with Gasteiger partial charge in [-0.15, -0.1) is 0 Å². The number of benzene rings is 2. The molecule has 0 radical (unpaired) electrons. The van der Waals surface area contributed by atoms with Crippen LogP contribution in [-0.4, -0.2) is 37.1 Å². The van der Waals surface area contributed by atoms with E-state index in [1.54, 1.807) is 18.3 Å². The fourth-order valence-electron chi connectivity index (χ4n) is 3.45.